The van der Waals surface area contributed by atoms with E-state index in [1.54, 1.807) is 0 Å². The lowest BCUT2D eigenvalue weighted by atomic mass is 9.98. The molecule has 0 aliphatic carbocycles. The Balaban J connectivity index is 1.81. The number of aryl methyl sites for hydroxylation is 2. The van der Waals surface area contributed by atoms with Gasteiger partial charge in [-0.05, 0) is 43.4 Å². The van der Waals surface area contributed by atoms with Crippen LogP contribution in [-0.4, -0.2) is 21.4 Å². The summed E-state index contributed by atoms with van der Waals surface area (Å²) in [6.45, 7) is 3.61. The molecule has 0 saturated heterocycles. The number of halogens is 2. The van der Waals surface area contributed by atoms with Gasteiger partial charge in [-0.3, -0.25) is 9.20 Å². The molecule has 0 unspecified atom stereocenters. The molecule has 0 radical (unpaired) electrons. The van der Waals surface area contributed by atoms with Gasteiger partial charge in [-0.15, -0.1) is 0 Å². The minimum atomic E-state index is -0.0367. The highest BCUT2D eigenvalue weighted by Gasteiger charge is 2.29. The highest BCUT2D eigenvalue weighted by molar-refractivity contribution is 6.42. The molecule has 6 heteroatoms. The van der Waals surface area contributed by atoms with Gasteiger partial charge in [0.25, 0.3) is 5.91 Å². The van der Waals surface area contributed by atoms with Crippen molar-refractivity contribution in [1.29, 1.82) is 0 Å². The second-order valence-corrected chi connectivity index (χ2v) is 9.08. The Morgan fingerprint density at radius 3 is 2.59 bits per heavy atom. The number of carbonyl (C=O) groups is 1. The van der Waals surface area contributed by atoms with E-state index in [0.29, 0.717) is 22.3 Å². The van der Waals surface area contributed by atoms with Crippen LogP contribution in [0.5, 0.6) is 0 Å². The van der Waals surface area contributed by atoms with Gasteiger partial charge in [-0.25, -0.2) is 0 Å². The monoisotopic (exact) mass is 465 g/mol. The summed E-state index contributed by atoms with van der Waals surface area (Å²) in [6.07, 6.45) is 6.08. The number of nitrogens with zero attached hydrogens (tertiary/aromatic N) is 2. The third kappa shape index (κ3) is 3.52. The number of imidazole rings is 1. The lowest BCUT2D eigenvalue weighted by Crippen LogP contribution is -2.25. The van der Waals surface area contributed by atoms with Gasteiger partial charge in [0.2, 0.25) is 0 Å². The normalized spacial score (nSPS) is 13.3. The number of aromatic nitrogens is 2. The third-order valence-corrected chi connectivity index (χ3v) is 6.90. The van der Waals surface area contributed by atoms with Crippen LogP contribution in [0.2, 0.25) is 10.0 Å². The number of amides is 1. The van der Waals surface area contributed by atoms with Crippen LogP contribution in [0, 0.1) is 0 Å². The molecule has 1 N–H and O–H groups in total. The largest absolute Gasteiger partial charge is 0.351 e. The minimum absolute atomic E-state index is 0.0367. The second-order valence-electron chi connectivity index (χ2n) is 8.27. The molecule has 0 spiro atoms. The van der Waals surface area contributed by atoms with Gasteiger partial charge in [-0.2, -0.15) is 0 Å². The number of hydrogen-bond donors (Lipinski definition) is 1. The first-order valence-electron chi connectivity index (χ1n) is 11.2. The van der Waals surface area contributed by atoms with Crippen LogP contribution >= 0.6 is 23.2 Å². The van der Waals surface area contributed by atoms with Crippen molar-refractivity contribution >= 4 is 34.8 Å². The molecule has 3 heterocycles. The van der Waals surface area contributed by atoms with Crippen LogP contribution in [0.4, 0.5) is 0 Å². The Morgan fingerprint density at radius 2 is 1.84 bits per heavy atom. The highest BCUT2D eigenvalue weighted by Crippen LogP contribution is 2.40. The van der Waals surface area contributed by atoms with Crippen molar-refractivity contribution in [2.75, 3.05) is 6.54 Å². The molecule has 0 atom stereocenters. The molecular weight excluding hydrogens is 441 g/mol. The Morgan fingerprint density at radius 1 is 1.03 bits per heavy atom. The summed E-state index contributed by atoms with van der Waals surface area (Å²) in [5, 5.41) is 4.17. The first-order valence-corrected chi connectivity index (χ1v) is 11.9. The molecule has 1 aliphatic rings. The fourth-order valence-corrected chi connectivity index (χ4v) is 5.03. The number of benzene rings is 2. The van der Waals surface area contributed by atoms with Gasteiger partial charge in [0.05, 0.1) is 15.7 Å². The van der Waals surface area contributed by atoms with E-state index >= 15 is 0 Å². The fourth-order valence-electron chi connectivity index (χ4n) is 4.73. The van der Waals surface area contributed by atoms with Crippen molar-refractivity contribution in [1.82, 2.24) is 14.3 Å². The Bertz CT molecular complexity index is 1300. The summed E-state index contributed by atoms with van der Waals surface area (Å²) in [4.78, 5) is 13.4. The molecule has 0 fully saturated rings. The predicted molar refractivity (Wildman–Crippen MR) is 132 cm³/mol. The molecule has 32 heavy (non-hydrogen) atoms. The fraction of sp³-hybridized carbons (Fsp3) is 0.269. The average Bonchev–Trinajstić information content (AvgIpc) is 3.23. The molecule has 1 amide bonds. The van der Waals surface area contributed by atoms with E-state index in [9.17, 15) is 4.79 Å². The molecule has 4 aromatic rings. The number of hydrogen-bond acceptors (Lipinski definition) is 1. The molecule has 0 saturated carbocycles. The van der Waals surface area contributed by atoms with E-state index in [1.165, 1.54) is 5.56 Å². The summed E-state index contributed by atoms with van der Waals surface area (Å²) < 4.78 is 4.43. The van der Waals surface area contributed by atoms with Crippen molar-refractivity contribution in [3.8, 4) is 22.4 Å². The third-order valence-electron chi connectivity index (χ3n) is 6.16. The lowest BCUT2D eigenvalue weighted by molar-refractivity contribution is 0.0948. The molecule has 0 bridgehead atoms. The molecule has 2 aromatic heterocycles. The summed E-state index contributed by atoms with van der Waals surface area (Å²) in [5.74, 6) is -0.0367. The van der Waals surface area contributed by atoms with Crippen molar-refractivity contribution in [3.63, 3.8) is 0 Å². The maximum atomic E-state index is 13.4. The maximum Gasteiger partial charge on any atom is 0.268 e. The molecule has 4 nitrogen and oxygen atoms in total. The summed E-state index contributed by atoms with van der Waals surface area (Å²) >= 11 is 12.5. The SMILES string of the molecule is CCCNC(=O)c1c(-c2ccccc2)c2c3n(c(-c4ccc(Cl)c(Cl)c4)cn13)CCCC2. The number of rotatable bonds is 5. The molecular formula is C26H25Cl2N3O. The number of nitrogens with one attached hydrogen (secondary N) is 1. The summed E-state index contributed by atoms with van der Waals surface area (Å²) in [5.41, 5.74) is 7.22. The molecule has 5 rings (SSSR count). The maximum absolute atomic E-state index is 13.4. The lowest BCUT2D eigenvalue weighted by Gasteiger charge is -2.10. The van der Waals surface area contributed by atoms with Crippen molar-refractivity contribution in [2.24, 2.45) is 0 Å². The first-order chi connectivity index (χ1) is 15.6. The zero-order valence-electron chi connectivity index (χ0n) is 18.0. The average molecular weight is 466 g/mol. The minimum Gasteiger partial charge on any atom is -0.351 e. The summed E-state index contributed by atoms with van der Waals surface area (Å²) in [6, 6.07) is 16.0. The molecule has 1 aliphatic heterocycles. The topological polar surface area (TPSA) is 38.4 Å². The van der Waals surface area contributed by atoms with Gasteiger partial charge >= 0.3 is 0 Å². The van der Waals surface area contributed by atoms with Gasteiger partial charge in [0.1, 0.15) is 11.3 Å². The zero-order chi connectivity index (χ0) is 22.2. The van der Waals surface area contributed by atoms with E-state index in [-0.39, 0.29) is 5.91 Å². The Labute approximate surface area is 197 Å². The Hall–Kier alpha value is -2.69. The van der Waals surface area contributed by atoms with Crippen molar-refractivity contribution < 1.29 is 4.79 Å². The van der Waals surface area contributed by atoms with Crippen molar-refractivity contribution in [3.05, 3.63) is 76.0 Å². The van der Waals surface area contributed by atoms with Crippen LogP contribution in [0.15, 0.2) is 54.7 Å². The van der Waals surface area contributed by atoms with E-state index < -0.39 is 0 Å². The van der Waals surface area contributed by atoms with Gasteiger partial charge in [0.15, 0.2) is 0 Å². The second kappa shape index (κ2) is 8.68. The summed E-state index contributed by atoms with van der Waals surface area (Å²) in [7, 11) is 0. The predicted octanol–water partition coefficient (Wildman–Crippen LogP) is 6.86. The number of carbonyl (C=O) groups excluding carboxylic acids is 1. The van der Waals surface area contributed by atoms with Crippen LogP contribution in [0.3, 0.4) is 0 Å². The van der Waals surface area contributed by atoms with E-state index in [1.807, 2.05) is 36.4 Å². The van der Waals surface area contributed by atoms with Crippen LogP contribution in [0.1, 0.15) is 42.2 Å². The molecule has 2 aromatic carbocycles. The van der Waals surface area contributed by atoms with Gasteiger partial charge in [0, 0.05) is 36.0 Å². The van der Waals surface area contributed by atoms with Crippen LogP contribution < -0.4 is 5.32 Å². The quantitative estimate of drug-likeness (QED) is 0.343. The highest BCUT2D eigenvalue weighted by atomic mass is 35.5. The Kier molecular flexibility index (Phi) is 5.75. The van der Waals surface area contributed by atoms with Crippen LogP contribution in [0.25, 0.3) is 28.0 Å². The van der Waals surface area contributed by atoms with Gasteiger partial charge < -0.3 is 9.88 Å². The molecule has 164 valence electrons. The zero-order valence-corrected chi connectivity index (χ0v) is 19.5. The van der Waals surface area contributed by atoms with Crippen molar-refractivity contribution in [2.45, 2.75) is 39.2 Å². The van der Waals surface area contributed by atoms with E-state index in [4.69, 9.17) is 23.2 Å². The smallest absolute Gasteiger partial charge is 0.268 e. The van der Waals surface area contributed by atoms with E-state index in [2.05, 4.69) is 39.5 Å². The van der Waals surface area contributed by atoms with Gasteiger partial charge in [-0.1, -0.05) is 66.5 Å². The standard InChI is InChI=1S/C26H25Cl2N3O/c1-2-13-29-25(32)24-23(17-8-4-3-5-9-17)19-10-6-7-14-30-22(16-31(24)26(19)30)18-11-12-20(27)21(28)15-18/h3-5,8-9,11-12,15-16H,2,6-7,10,13-14H2,1H3,(H,29,32). The van der Waals surface area contributed by atoms with Crippen LogP contribution in [-0.2, 0) is 13.0 Å². The first kappa shape index (κ1) is 21.2. The van der Waals surface area contributed by atoms with E-state index in [0.717, 1.165) is 60.3 Å².